The first-order chi connectivity index (χ1) is 12.7. The zero-order valence-electron chi connectivity index (χ0n) is 13.6. The molecule has 0 atom stereocenters. The number of hydrogen-bond acceptors (Lipinski definition) is 6. The van der Waals surface area contributed by atoms with Crippen molar-refractivity contribution < 1.29 is 5.11 Å². The third kappa shape index (κ3) is 3.00. The minimum Gasteiger partial charge on any atom is -0.396 e. The quantitative estimate of drug-likeness (QED) is 0.473. The van der Waals surface area contributed by atoms with Crippen LogP contribution in [-0.4, -0.2) is 32.8 Å². The topological polar surface area (TPSA) is 80.0 Å². The smallest absolute Gasteiger partial charge is 0.275 e. The zero-order valence-corrected chi connectivity index (χ0v) is 16.0. The molecule has 0 aliphatic heterocycles. The molecule has 0 spiro atoms. The van der Waals surface area contributed by atoms with Gasteiger partial charge < -0.3 is 10.4 Å². The van der Waals surface area contributed by atoms with Crippen LogP contribution >= 0.6 is 27.3 Å². The molecule has 3 aromatic heterocycles. The van der Waals surface area contributed by atoms with Gasteiger partial charge in [0.05, 0.1) is 16.6 Å². The molecule has 0 amide bonds. The minimum absolute atomic E-state index is 0.110. The van der Waals surface area contributed by atoms with Crippen LogP contribution in [0.15, 0.2) is 52.1 Å². The van der Waals surface area contributed by atoms with Crippen molar-refractivity contribution in [1.82, 2.24) is 14.5 Å². The second kappa shape index (κ2) is 7.14. The summed E-state index contributed by atoms with van der Waals surface area (Å²) >= 11 is 4.75. The van der Waals surface area contributed by atoms with Crippen molar-refractivity contribution in [1.29, 1.82) is 0 Å². The maximum Gasteiger partial charge on any atom is 0.275 e. The van der Waals surface area contributed by atoms with Crippen LogP contribution in [0, 0.1) is 0 Å². The molecule has 2 N–H and O–H groups in total. The molecule has 0 aliphatic rings. The number of fused-ring (bicyclic) bond motifs is 3. The molecule has 6 nitrogen and oxygen atoms in total. The second-order valence-corrected chi connectivity index (χ2v) is 7.63. The molecule has 0 saturated heterocycles. The predicted molar refractivity (Wildman–Crippen MR) is 108 cm³/mol. The number of benzene rings is 1. The van der Waals surface area contributed by atoms with Gasteiger partial charge in [-0.3, -0.25) is 9.36 Å². The average molecular weight is 431 g/mol. The molecule has 8 heteroatoms. The van der Waals surface area contributed by atoms with Gasteiger partial charge in [-0.05, 0) is 36.8 Å². The highest BCUT2D eigenvalue weighted by molar-refractivity contribution is 9.10. The molecule has 4 rings (SSSR count). The number of hydrogen-bond donors (Lipinski definition) is 2. The zero-order chi connectivity index (χ0) is 18.1. The highest BCUT2D eigenvalue weighted by atomic mass is 79.9. The lowest BCUT2D eigenvalue weighted by Crippen LogP contribution is -2.17. The number of thiophene rings is 1. The van der Waals surface area contributed by atoms with Gasteiger partial charge in [0.25, 0.3) is 5.56 Å². The van der Waals surface area contributed by atoms with Gasteiger partial charge in [0.1, 0.15) is 15.9 Å². The molecule has 26 heavy (non-hydrogen) atoms. The van der Waals surface area contributed by atoms with Crippen molar-refractivity contribution in [3.8, 4) is 5.69 Å². The van der Waals surface area contributed by atoms with Gasteiger partial charge >= 0.3 is 0 Å². The molecule has 4 aromatic rings. The van der Waals surface area contributed by atoms with E-state index < -0.39 is 0 Å². The number of halogens is 1. The van der Waals surface area contributed by atoms with E-state index >= 15 is 0 Å². The van der Waals surface area contributed by atoms with Crippen LogP contribution in [0.1, 0.15) is 6.42 Å². The summed E-state index contributed by atoms with van der Waals surface area (Å²) in [6.45, 7) is 0.769. The number of nitrogens with one attached hydrogen (secondary N) is 1. The number of rotatable bonds is 5. The highest BCUT2D eigenvalue weighted by Gasteiger charge is 2.16. The molecule has 0 radical (unpaired) electrons. The van der Waals surface area contributed by atoms with Crippen molar-refractivity contribution in [3.05, 3.63) is 57.7 Å². The fourth-order valence-electron chi connectivity index (χ4n) is 2.79. The van der Waals surface area contributed by atoms with E-state index in [4.69, 9.17) is 5.11 Å². The molecule has 0 saturated carbocycles. The summed E-state index contributed by atoms with van der Waals surface area (Å²) in [6.07, 6.45) is 3.92. The van der Waals surface area contributed by atoms with Crippen LogP contribution in [0.25, 0.3) is 26.1 Å². The Morgan fingerprint density at radius 3 is 2.77 bits per heavy atom. The maximum atomic E-state index is 13.0. The Balaban J connectivity index is 1.88. The Morgan fingerprint density at radius 2 is 2.00 bits per heavy atom. The van der Waals surface area contributed by atoms with Crippen molar-refractivity contribution in [2.24, 2.45) is 0 Å². The number of aliphatic hydroxyl groups excluding tert-OH is 1. The fraction of sp³-hybridized carbons (Fsp3) is 0.167. The van der Waals surface area contributed by atoms with Gasteiger partial charge in [0.2, 0.25) is 0 Å². The summed E-state index contributed by atoms with van der Waals surface area (Å²) < 4.78 is 3.07. The van der Waals surface area contributed by atoms with E-state index in [1.807, 2.05) is 30.3 Å². The van der Waals surface area contributed by atoms with Gasteiger partial charge in [-0.25, -0.2) is 9.97 Å². The number of aromatic nitrogens is 3. The molecule has 3 heterocycles. The van der Waals surface area contributed by atoms with Crippen LogP contribution in [0.3, 0.4) is 0 Å². The first kappa shape index (κ1) is 17.1. The molecule has 0 fully saturated rings. The maximum absolute atomic E-state index is 13.0. The first-order valence-corrected chi connectivity index (χ1v) is 9.69. The van der Waals surface area contributed by atoms with Crippen LogP contribution in [0.4, 0.5) is 5.69 Å². The Morgan fingerprint density at radius 1 is 1.19 bits per heavy atom. The molecule has 132 valence electrons. The van der Waals surface area contributed by atoms with E-state index in [0.717, 1.165) is 26.1 Å². The lowest BCUT2D eigenvalue weighted by molar-refractivity contribution is 0.292. The minimum atomic E-state index is -0.110. The van der Waals surface area contributed by atoms with E-state index in [-0.39, 0.29) is 12.2 Å². The summed E-state index contributed by atoms with van der Waals surface area (Å²) in [5, 5.41) is 13.1. The van der Waals surface area contributed by atoms with E-state index in [1.165, 1.54) is 11.3 Å². The van der Waals surface area contributed by atoms with E-state index in [1.54, 1.807) is 17.1 Å². The molecule has 1 aromatic carbocycles. The van der Waals surface area contributed by atoms with Gasteiger partial charge in [0.15, 0.2) is 0 Å². The Hall–Kier alpha value is -2.29. The summed E-state index contributed by atoms with van der Waals surface area (Å²) in [4.78, 5) is 22.7. The molecule has 0 bridgehead atoms. The normalized spacial score (nSPS) is 11.3. The summed E-state index contributed by atoms with van der Waals surface area (Å²) in [6, 6.07) is 9.38. The third-order valence-electron chi connectivity index (χ3n) is 4.04. The van der Waals surface area contributed by atoms with Crippen molar-refractivity contribution >= 4 is 53.4 Å². The Kier molecular flexibility index (Phi) is 4.71. The highest BCUT2D eigenvalue weighted by Crippen LogP contribution is 2.34. The largest absolute Gasteiger partial charge is 0.396 e. The summed E-state index contributed by atoms with van der Waals surface area (Å²) in [5.74, 6) is 0. The van der Waals surface area contributed by atoms with Crippen LogP contribution in [0.2, 0.25) is 0 Å². The van der Waals surface area contributed by atoms with Crippen LogP contribution < -0.4 is 10.9 Å². The third-order valence-corrected chi connectivity index (χ3v) is 5.64. The van der Waals surface area contributed by atoms with E-state index in [2.05, 4.69) is 31.2 Å². The van der Waals surface area contributed by atoms with Crippen LogP contribution in [0.5, 0.6) is 0 Å². The first-order valence-electron chi connectivity index (χ1n) is 8.08. The van der Waals surface area contributed by atoms with Gasteiger partial charge in [-0.1, -0.05) is 15.9 Å². The molecule has 0 unspecified atom stereocenters. The number of pyridine rings is 1. The van der Waals surface area contributed by atoms with E-state index in [0.29, 0.717) is 23.2 Å². The SMILES string of the molecule is O=c1c2sc3nccc(NCCCO)c3c2ncn1-c1ccc(Br)cc1. The van der Waals surface area contributed by atoms with Gasteiger partial charge in [0, 0.05) is 29.5 Å². The van der Waals surface area contributed by atoms with Crippen LogP contribution in [-0.2, 0) is 0 Å². The molecular formula is C18H15BrN4O2S. The van der Waals surface area contributed by atoms with Crippen molar-refractivity contribution in [2.45, 2.75) is 6.42 Å². The standard InChI is InChI=1S/C18H15BrN4O2S/c19-11-2-4-12(5-3-11)23-10-22-15-14-13(20-7-1-9-24)6-8-21-17(14)26-16(15)18(23)25/h2-6,8,10,24H,1,7,9H2,(H,20,21). The van der Waals surface area contributed by atoms with Gasteiger partial charge in [-0.15, -0.1) is 11.3 Å². The second-order valence-electron chi connectivity index (χ2n) is 5.72. The van der Waals surface area contributed by atoms with Gasteiger partial charge in [-0.2, -0.15) is 0 Å². The summed E-state index contributed by atoms with van der Waals surface area (Å²) in [5.41, 5.74) is 2.19. The van der Waals surface area contributed by atoms with Crippen molar-refractivity contribution in [3.63, 3.8) is 0 Å². The lowest BCUT2D eigenvalue weighted by atomic mass is 10.2. The molecular weight excluding hydrogens is 416 g/mol. The Bertz CT molecular complexity index is 1140. The number of anilines is 1. The number of aliphatic hydroxyl groups is 1. The fourth-order valence-corrected chi connectivity index (χ4v) is 4.10. The Labute approximate surface area is 161 Å². The molecule has 0 aliphatic carbocycles. The predicted octanol–water partition coefficient (Wildman–Crippen LogP) is 3.55. The number of nitrogens with zero attached hydrogens (tertiary/aromatic N) is 3. The monoisotopic (exact) mass is 430 g/mol. The summed E-state index contributed by atoms with van der Waals surface area (Å²) in [7, 11) is 0. The lowest BCUT2D eigenvalue weighted by Gasteiger charge is -2.07. The van der Waals surface area contributed by atoms with Crippen molar-refractivity contribution in [2.75, 3.05) is 18.5 Å². The average Bonchev–Trinajstić information content (AvgIpc) is 3.04. The van der Waals surface area contributed by atoms with E-state index in [9.17, 15) is 4.79 Å².